The van der Waals surface area contributed by atoms with Crippen molar-refractivity contribution >= 4 is 11.8 Å². The minimum atomic E-state index is -0.508. The van der Waals surface area contributed by atoms with Gasteiger partial charge in [-0.05, 0) is 38.8 Å². The third kappa shape index (κ3) is 5.40. The number of carbonyl (C=O) groups is 1. The Kier molecular flexibility index (Phi) is 5.27. The maximum Gasteiger partial charge on any atom is 0.407 e. The first-order valence-corrected chi connectivity index (χ1v) is 6.55. The quantitative estimate of drug-likeness (QED) is 0.739. The molecular formula is C15H23N3O2. The molecule has 0 aromatic heterocycles. The molecular weight excluding hydrogens is 254 g/mol. The molecule has 0 radical (unpaired) electrons. The van der Waals surface area contributed by atoms with Gasteiger partial charge in [0.2, 0.25) is 0 Å². The normalized spacial score (nSPS) is 12.7. The number of nitrogens with two attached hydrogens (primary N) is 1. The highest BCUT2D eigenvalue weighted by Crippen LogP contribution is 2.14. The summed E-state index contributed by atoms with van der Waals surface area (Å²) in [4.78, 5) is 11.6. The minimum Gasteiger partial charge on any atom is -0.444 e. The second kappa shape index (κ2) is 6.52. The molecule has 5 nitrogen and oxygen atoms in total. The molecule has 0 saturated carbocycles. The number of benzene rings is 1. The SMILES string of the molecule is CC(=N)C(N)c1cccc(CNC(=O)OC(C)(C)C)c1. The maximum absolute atomic E-state index is 11.6. The van der Waals surface area contributed by atoms with Crippen LogP contribution in [0.15, 0.2) is 24.3 Å². The largest absolute Gasteiger partial charge is 0.444 e. The second-order valence-electron chi connectivity index (χ2n) is 5.76. The van der Waals surface area contributed by atoms with E-state index < -0.39 is 17.7 Å². The molecule has 20 heavy (non-hydrogen) atoms. The molecule has 1 atom stereocenters. The lowest BCUT2D eigenvalue weighted by Gasteiger charge is -2.19. The maximum atomic E-state index is 11.6. The number of hydrogen-bond donors (Lipinski definition) is 3. The van der Waals surface area contributed by atoms with Crippen molar-refractivity contribution < 1.29 is 9.53 Å². The van der Waals surface area contributed by atoms with Crippen LogP contribution in [-0.4, -0.2) is 17.4 Å². The lowest BCUT2D eigenvalue weighted by Crippen LogP contribution is -2.32. The van der Waals surface area contributed by atoms with Gasteiger partial charge in [-0.1, -0.05) is 24.3 Å². The molecule has 5 heteroatoms. The van der Waals surface area contributed by atoms with Gasteiger partial charge in [-0.15, -0.1) is 0 Å². The Morgan fingerprint density at radius 1 is 1.45 bits per heavy atom. The van der Waals surface area contributed by atoms with Gasteiger partial charge in [0.15, 0.2) is 0 Å². The smallest absolute Gasteiger partial charge is 0.407 e. The van der Waals surface area contributed by atoms with E-state index >= 15 is 0 Å². The molecule has 0 aliphatic carbocycles. The summed E-state index contributed by atoms with van der Waals surface area (Å²) in [5, 5.41) is 10.3. The number of ether oxygens (including phenoxy) is 1. The number of carbonyl (C=O) groups excluding carboxylic acids is 1. The molecule has 1 rings (SSSR count). The van der Waals surface area contributed by atoms with Gasteiger partial charge in [0.25, 0.3) is 0 Å². The van der Waals surface area contributed by atoms with Crippen LogP contribution in [0.2, 0.25) is 0 Å². The molecule has 0 heterocycles. The molecule has 0 spiro atoms. The van der Waals surface area contributed by atoms with Crippen LogP contribution in [0.25, 0.3) is 0 Å². The first-order valence-electron chi connectivity index (χ1n) is 6.55. The standard InChI is InChI=1S/C15H23N3O2/c1-10(16)13(17)12-7-5-6-11(8-12)9-18-14(19)20-15(2,3)4/h5-8,13,16H,9,17H2,1-4H3,(H,18,19). The Hall–Kier alpha value is -1.88. The summed E-state index contributed by atoms with van der Waals surface area (Å²) in [5.41, 5.74) is 7.59. The van der Waals surface area contributed by atoms with E-state index in [1.54, 1.807) is 6.92 Å². The van der Waals surface area contributed by atoms with Crippen LogP contribution in [-0.2, 0) is 11.3 Å². The topological polar surface area (TPSA) is 88.2 Å². The van der Waals surface area contributed by atoms with Crippen molar-refractivity contribution in [3.63, 3.8) is 0 Å². The van der Waals surface area contributed by atoms with E-state index in [1.165, 1.54) is 0 Å². The van der Waals surface area contributed by atoms with Crippen LogP contribution in [0.3, 0.4) is 0 Å². The number of hydrogen-bond acceptors (Lipinski definition) is 4. The van der Waals surface area contributed by atoms with Crippen molar-refractivity contribution in [2.45, 2.75) is 45.9 Å². The van der Waals surface area contributed by atoms with Gasteiger partial charge < -0.3 is 21.2 Å². The van der Waals surface area contributed by atoms with Gasteiger partial charge in [-0.2, -0.15) is 0 Å². The van der Waals surface area contributed by atoms with Crippen LogP contribution in [0.4, 0.5) is 4.79 Å². The van der Waals surface area contributed by atoms with E-state index in [4.69, 9.17) is 15.9 Å². The summed E-state index contributed by atoms with van der Waals surface area (Å²) in [6, 6.07) is 7.12. The van der Waals surface area contributed by atoms with E-state index in [0.29, 0.717) is 12.3 Å². The zero-order valence-corrected chi connectivity index (χ0v) is 12.5. The summed E-state index contributed by atoms with van der Waals surface area (Å²) >= 11 is 0. The second-order valence-corrected chi connectivity index (χ2v) is 5.76. The first-order chi connectivity index (χ1) is 9.19. The van der Waals surface area contributed by atoms with Gasteiger partial charge >= 0.3 is 6.09 Å². The molecule has 0 aliphatic rings. The fraction of sp³-hybridized carbons (Fsp3) is 0.467. The third-order valence-electron chi connectivity index (χ3n) is 2.61. The lowest BCUT2D eigenvalue weighted by molar-refractivity contribution is 0.0523. The number of nitrogens with one attached hydrogen (secondary N) is 2. The molecule has 0 bridgehead atoms. The zero-order valence-electron chi connectivity index (χ0n) is 12.5. The highest BCUT2D eigenvalue weighted by Gasteiger charge is 2.15. The average molecular weight is 277 g/mol. The van der Waals surface area contributed by atoms with Crippen molar-refractivity contribution in [3.05, 3.63) is 35.4 Å². The highest BCUT2D eigenvalue weighted by atomic mass is 16.6. The van der Waals surface area contributed by atoms with Gasteiger partial charge in [-0.25, -0.2) is 4.79 Å². The Balaban J connectivity index is 2.63. The van der Waals surface area contributed by atoms with E-state index in [2.05, 4.69) is 5.32 Å². The van der Waals surface area contributed by atoms with E-state index in [0.717, 1.165) is 11.1 Å². The Bertz CT molecular complexity index is 492. The van der Waals surface area contributed by atoms with E-state index in [9.17, 15) is 4.79 Å². The van der Waals surface area contributed by atoms with Crippen LogP contribution >= 0.6 is 0 Å². The van der Waals surface area contributed by atoms with Crippen molar-refractivity contribution in [3.8, 4) is 0 Å². The van der Waals surface area contributed by atoms with E-state index in [1.807, 2.05) is 45.0 Å². The van der Waals surface area contributed by atoms with Gasteiger partial charge in [0.05, 0.1) is 6.04 Å². The van der Waals surface area contributed by atoms with E-state index in [-0.39, 0.29) is 0 Å². The summed E-state index contributed by atoms with van der Waals surface area (Å²) in [6.07, 6.45) is -0.449. The molecule has 1 unspecified atom stereocenters. The lowest BCUT2D eigenvalue weighted by atomic mass is 10.0. The predicted octanol–water partition coefficient (Wildman–Crippen LogP) is 2.75. The van der Waals surface area contributed by atoms with Gasteiger partial charge in [0.1, 0.15) is 5.60 Å². The summed E-state index contributed by atoms with van der Waals surface area (Å²) < 4.78 is 5.17. The molecule has 0 fully saturated rings. The molecule has 4 N–H and O–H groups in total. The fourth-order valence-corrected chi connectivity index (χ4v) is 1.63. The van der Waals surface area contributed by atoms with Crippen LogP contribution in [0.1, 0.15) is 44.9 Å². The molecule has 0 aliphatic heterocycles. The zero-order chi connectivity index (χ0) is 15.3. The molecule has 1 aromatic carbocycles. The number of rotatable bonds is 4. The molecule has 0 saturated heterocycles. The van der Waals surface area contributed by atoms with Gasteiger partial charge in [0, 0.05) is 12.3 Å². The van der Waals surface area contributed by atoms with Crippen LogP contribution in [0.5, 0.6) is 0 Å². The van der Waals surface area contributed by atoms with Gasteiger partial charge in [-0.3, -0.25) is 0 Å². The van der Waals surface area contributed by atoms with Crippen LogP contribution < -0.4 is 11.1 Å². The third-order valence-corrected chi connectivity index (χ3v) is 2.61. The first kappa shape index (κ1) is 16.2. The number of amides is 1. The summed E-state index contributed by atoms with van der Waals surface area (Å²) in [7, 11) is 0. The Labute approximate surface area is 120 Å². The predicted molar refractivity (Wildman–Crippen MR) is 79.8 cm³/mol. The van der Waals surface area contributed by atoms with Crippen molar-refractivity contribution in [1.29, 1.82) is 5.41 Å². The Morgan fingerprint density at radius 2 is 2.10 bits per heavy atom. The summed E-state index contributed by atoms with van der Waals surface area (Å²) in [6.45, 7) is 7.50. The fourth-order valence-electron chi connectivity index (χ4n) is 1.63. The molecule has 1 aromatic rings. The van der Waals surface area contributed by atoms with Crippen molar-refractivity contribution in [2.75, 3.05) is 0 Å². The van der Waals surface area contributed by atoms with Crippen molar-refractivity contribution in [2.24, 2.45) is 5.73 Å². The average Bonchev–Trinajstić information content (AvgIpc) is 2.33. The van der Waals surface area contributed by atoms with Crippen LogP contribution in [0, 0.1) is 5.41 Å². The van der Waals surface area contributed by atoms with Crippen molar-refractivity contribution in [1.82, 2.24) is 5.32 Å². The molecule has 110 valence electrons. The monoisotopic (exact) mass is 277 g/mol. The minimum absolute atomic E-state index is 0.368. The Morgan fingerprint density at radius 3 is 2.65 bits per heavy atom. The highest BCUT2D eigenvalue weighted by molar-refractivity contribution is 5.85. The summed E-state index contributed by atoms with van der Waals surface area (Å²) in [5.74, 6) is 0. The number of alkyl carbamates (subject to hydrolysis) is 1. The molecule has 1 amide bonds.